The van der Waals surface area contributed by atoms with E-state index in [1.807, 2.05) is 13.8 Å². The van der Waals surface area contributed by atoms with E-state index < -0.39 is 0 Å². The van der Waals surface area contributed by atoms with Gasteiger partial charge in [0.2, 0.25) is 5.88 Å². The fourth-order valence-corrected chi connectivity index (χ4v) is 2.02. The highest BCUT2D eigenvalue weighted by Gasteiger charge is 2.20. The van der Waals surface area contributed by atoms with Crippen LogP contribution in [0.25, 0.3) is 0 Å². The maximum Gasteiger partial charge on any atom is 0.264 e. The summed E-state index contributed by atoms with van der Waals surface area (Å²) in [5.41, 5.74) is -0.197. The molecule has 0 aromatic carbocycles. The molecule has 0 saturated heterocycles. The quantitative estimate of drug-likeness (QED) is 0.648. The first-order valence-electron chi connectivity index (χ1n) is 6.15. The molecule has 2 rings (SSSR count). The molecule has 0 radical (unpaired) electrons. The van der Waals surface area contributed by atoms with Gasteiger partial charge in [-0.05, 0) is 38.4 Å². The molecule has 2 N–H and O–H groups in total. The van der Waals surface area contributed by atoms with Gasteiger partial charge in [0, 0.05) is 12.3 Å². The Bertz CT molecular complexity index is 584. The van der Waals surface area contributed by atoms with Gasteiger partial charge in [-0.1, -0.05) is 6.92 Å². The highest BCUT2D eigenvalue weighted by atomic mass is 32.1. The second kappa shape index (κ2) is 5.06. The Morgan fingerprint density at radius 1 is 1.67 bits per heavy atom. The number of aromatic nitrogens is 2. The van der Waals surface area contributed by atoms with E-state index in [2.05, 4.69) is 9.98 Å². The number of nitrogens with zero attached hydrogens (tertiary/aromatic N) is 2. The summed E-state index contributed by atoms with van der Waals surface area (Å²) < 4.78 is 1.81. The van der Waals surface area contributed by atoms with Gasteiger partial charge in [0.25, 0.3) is 5.56 Å². The number of H-pyrrole nitrogens is 1. The molecule has 1 heterocycles. The third-order valence-electron chi connectivity index (χ3n) is 3.15. The van der Waals surface area contributed by atoms with Gasteiger partial charge in [0.05, 0.1) is 6.04 Å². The predicted molar refractivity (Wildman–Crippen MR) is 73.2 cm³/mol. The molecule has 1 aliphatic carbocycles. The van der Waals surface area contributed by atoms with Gasteiger partial charge in [-0.15, -0.1) is 0 Å². The smallest absolute Gasteiger partial charge is 0.264 e. The van der Waals surface area contributed by atoms with Crippen molar-refractivity contribution in [3.05, 3.63) is 20.7 Å². The molecular weight excluding hydrogens is 250 g/mol. The molecule has 0 aliphatic heterocycles. The summed E-state index contributed by atoms with van der Waals surface area (Å²) in [7, 11) is 0. The maximum absolute atomic E-state index is 11.8. The lowest BCUT2D eigenvalue weighted by Gasteiger charge is -2.16. The number of aliphatic imine (C=N–C) groups is 1. The van der Waals surface area contributed by atoms with E-state index >= 15 is 0 Å². The van der Waals surface area contributed by atoms with E-state index in [0.717, 1.165) is 19.3 Å². The van der Waals surface area contributed by atoms with Crippen molar-refractivity contribution in [3.63, 3.8) is 0 Å². The van der Waals surface area contributed by atoms with Crippen LogP contribution >= 0.6 is 12.2 Å². The molecule has 0 spiro atoms. The first-order chi connectivity index (χ1) is 8.54. The number of nitrogens with one attached hydrogen (secondary N) is 1. The topological polar surface area (TPSA) is 70.4 Å². The second-order valence-electron chi connectivity index (χ2n) is 4.63. The van der Waals surface area contributed by atoms with Gasteiger partial charge >= 0.3 is 0 Å². The standard InChI is InChI=1S/C12H17N3O2S/c1-3-7(2)15-11(17)9(6-13-8-4-5-8)10(16)14-12(15)18/h6-8,17H,3-5H2,1-2H3,(H,14,16,18). The Hall–Kier alpha value is -1.43. The lowest BCUT2D eigenvalue weighted by Crippen LogP contribution is -2.20. The van der Waals surface area contributed by atoms with Crippen LogP contribution in [0.15, 0.2) is 9.79 Å². The fraction of sp³-hybridized carbons (Fsp3) is 0.583. The molecule has 1 unspecified atom stereocenters. The second-order valence-corrected chi connectivity index (χ2v) is 5.02. The van der Waals surface area contributed by atoms with Crippen LogP contribution in [0.5, 0.6) is 5.88 Å². The zero-order chi connectivity index (χ0) is 13.3. The van der Waals surface area contributed by atoms with Crippen LogP contribution in [-0.4, -0.2) is 26.9 Å². The zero-order valence-corrected chi connectivity index (χ0v) is 11.3. The summed E-state index contributed by atoms with van der Waals surface area (Å²) in [4.78, 5) is 18.6. The summed E-state index contributed by atoms with van der Waals surface area (Å²) in [6.45, 7) is 3.94. The minimum atomic E-state index is -0.388. The van der Waals surface area contributed by atoms with Gasteiger partial charge in [0.1, 0.15) is 5.56 Å². The predicted octanol–water partition coefficient (Wildman–Crippen LogP) is 2.16. The molecule has 0 amide bonds. The molecule has 1 saturated carbocycles. The third-order valence-corrected chi connectivity index (χ3v) is 3.44. The first kappa shape index (κ1) is 13.0. The molecule has 1 aromatic heterocycles. The molecule has 1 fully saturated rings. The summed E-state index contributed by atoms with van der Waals surface area (Å²) in [6, 6.07) is 0.339. The molecule has 18 heavy (non-hydrogen) atoms. The third kappa shape index (κ3) is 2.53. The lowest BCUT2D eigenvalue weighted by atomic mass is 10.2. The van der Waals surface area contributed by atoms with Crippen LogP contribution in [0, 0.1) is 4.77 Å². The van der Waals surface area contributed by atoms with Crippen molar-refractivity contribution in [2.45, 2.75) is 45.2 Å². The Kier molecular flexibility index (Phi) is 3.65. The van der Waals surface area contributed by atoms with Gasteiger partial charge < -0.3 is 5.11 Å². The summed E-state index contributed by atoms with van der Waals surface area (Å²) in [6.07, 6.45) is 4.38. The van der Waals surface area contributed by atoms with E-state index in [0.29, 0.717) is 6.04 Å². The van der Waals surface area contributed by atoms with Gasteiger partial charge in [-0.25, -0.2) is 0 Å². The Labute approximate surface area is 110 Å². The van der Waals surface area contributed by atoms with Crippen LogP contribution in [0.1, 0.15) is 44.7 Å². The Morgan fingerprint density at radius 3 is 2.89 bits per heavy atom. The molecule has 98 valence electrons. The molecule has 1 aromatic rings. The van der Waals surface area contributed by atoms with Gasteiger partial charge in [-0.2, -0.15) is 0 Å². The van der Waals surface area contributed by atoms with Crippen molar-refractivity contribution in [3.8, 4) is 5.88 Å². The number of rotatable bonds is 4. The van der Waals surface area contributed by atoms with E-state index in [9.17, 15) is 9.90 Å². The van der Waals surface area contributed by atoms with Gasteiger partial charge in [-0.3, -0.25) is 19.3 Å². The minimum absolute atomic E-state index is 0.0300. The summed E-state index contributed by atoms with van der Waals surface area (Å²) in [5, 5.41) is 10.2. The van der Waals surface area contributed by atoms with E-state index in [-0.39, 0.29) is 27.8 Å². The van der Waals surface area contributed by atoms with Crippen molar-refractivity contribution < 1.29 is 5.11 Å². The molecule has 1 atom stereocenters. The van der Waals surface area contributed by atoms with E-state index in [1.54, 1.807) is 4.57 Å². The van der Waals surface area contributed by atoms with E-state index in [1.165, 1.54) is 6.21 Å². The van der Waals surface area contributed by atoms with E-state index in [4.69, 9.17) is 12.2 Å². The molecule has 5 nitrogen and oxygen atoms in total. The average Bonchev–Trinajstić information content (AvgIpc) is 3.11. The normalized spacial score (nSPS) is 17.2. The molecule has 0 bridgehead atoms. The SMILES string of the molecule is CCC(C)n1c(O)c(C=NC2CC2)c(=O)[nH]c1=S. The number of hydrogen-bond acceptors (Lipinski definition) is 4. The van der Waals surface area contributed by atoms with Crippen molar-refractivity contribution in [2.24, 2.45) is 4.99 Å². The largest absolute Gasteiger partial charge is 0.494 e. The van der Waals surface area contributed by atoms with Gasteiger partial charge in [0.15, 0.2) is 4.77 Å². The molecular formula is C12H17N3O2S. The van der Waals surface area contributed by atoms with Crippen LogP contribution in [0.2, 0.25) is 0 Å². The monoisotopic (exact) mass is 267 g/mol. The van der Waals surface area contributed by atoms with Crippen molar-refractivity contribution >= 4 is 18.4 Å². The average molecular weight is 267 g/mol. The zero-order valence-electron chi connectivity index (χ0n) is 10.5. The molecule has 6 heteroatoms. The summed E-state index contributed by atoms with van der Waals surface area (Å²) >= 11 is 5.08. The van der Waals surface area contributed by atoms with Crippen molar-refractivity contribution in [1.82, 2.24) is 9.55 Å². The van der Waals surface area contributed by atoms with Crippen molar-refractivity contribution in [2.75, 3.05) is 0 Å². The first-order valence-corrected chi connectivity index (χ1v) is 6.56. The maximum atomic E-state index is 11.8. The lowest BCUT2D eigenvalue weighted by molar-refractivity contribution is 0.371. The Balaban J connectivity index is 2.51. The van der Waals surface area contributed by atoms with Crippen LogP contribution in [-0.2, 0) is 0 Å². The highest BCUT2D eigenvalue weighted by molar-refractivity contribution is 7.71. The Morgan fingerprint density at radius 2 is 2.33 bits per heavy atom. The van der Waals surface area contributed by atoms with Crippen LogP contribution in [0.4, 0.5) is 0 Å². The number of aromatic hydroxyl groups is 1. The van der Waals surface area contributed by atoms with Crippen molar-refractivity contribution in [1.29, 1.82) is 0 Å². The number of aromatic amines is 1. The highest BCUT2D eigenvalue weighted by Crippen LogP contribution is 2.24. The molecule has 1 aliphatic rings. The fourth-order valence-electron chi connectivity index (χ4n) is 1.66. The van der Waals surface area contributed by atoms with Crippen LogP contribution in [0.3, 0.4) is 0 Å². The summed E-state index contributed by atoms with van der Waals surface area (Å²) in [5.74, 6) is -0.0949. The number of hydrogen-bond donors (Lipinski definition) is 2. The van der Waals surface area contributed by atoms with Crippen LogP contribution < -0.4 is 5.56 Å². The minimum Gasteiger partial charge on any atom is -0.494 e.